The van der Waals surface area contributed by atoms with E-state index in [9.17, 15) is 13.2 Å². The lowest BCUT2D eigenvalue weighted by Gasteiger charge is -2.34. The van der Waals surface area contributed by atoms with Crippen LogP contribution in [0.4, 0.5) is 11.4 Å². The summed E-state index contributed by atoms with van der Waals surface area (Å²) in [5, 5.41) is 0.947. The van der Waals surface area contributed by atoms with Gasteiger partial charge in [-0.05, 0) is 79.3 Å². The zero-order chi connectivity index (χ0) is 28.4. The molecule has 0 saturated carbocycles. The number of hydrogen-bond donors (Lipinski definition) is 0. The number of halogens is 1. The third-order valence-electron chi connectivity index (χ3n) is 7.94. The van der Waals surface area contributed by atoms with E-state index in [1.807, 2.05) is 17.0 Å². The summed E-state index contributed by atoms with van der Waals surface area (Å²) < 4.78 is 30.5. The molecule has 3 heterocycles. The molecule has 0 spiro atoms. The van der Waals surface area contributed by atoms with Crippen molar-refractivity contribution in [2.75, 3.05) is 41.0 Å². The van der Waals surface area contributed by atoms with Crippen LogP contribution in [-0.2, 0) is 21.1 Å². The van der Waals surface area contributed by atoms with E-state index in [4.69, 9.17) is 16.3 Å². The van der Waals surface area contributed by atoms with Crippen LogP contribution in [-0.4, -0.2) is 62.0 Å². The minimum atomic E-state index is -3.15. The number of aliphatic imine (C=N–C) groups is 1. The van der Waals surface area contributed by atoms with Gasteiger partial charge in [0.25, 0.3) is 5.91 Å². The van der Waals surface area contributed by atoms with Crippen LogP contribution in [0, 0.1) is 5.92 Å². The predicted octanol–water partition coefficient (Wildman–Crippen LogP) is 5.48. The number of thioether (sulfide) groups is 1. The largest absolute Gasteiger partial charge is 0.484 e. The highest BCUT2D eigenvalue weighted by Gasteiger charge is 2.49. The van der Waals surface area contributed by atoms with Crippen molar-refractivity contribution in [3.8, 4) is 5.75 Å². The number of amides is 1. The van der Waals surface area contributed by atoms with Gasteiger partial charge in [-0.3, -0.25) is 4.79 Å². The third-order valence-corrected chi connectivity index (χ3v) is 11.4. The molecule has 0 radical (unpaired) electrons. The quantitative estimate of drug-likeness (QED) is 0.351. The Kier molecular flexibility index (Phi) is 8.28. The van der Waals surface area contributed by atoms with E-state index < -0.39 is 15.7 Å². The summed E-state index contributed by atoms with van der Waals surface area (Å²) in [6, 6.07) is 25.4. The molecule has 1 amide bonds. The normalized spacial score (nSPS) is 23.1. The number of nitrogens with zero attached hydrogens (tertiary/aromatic N) is 3. The van der Waals surface area contributed by atoms with Gasteiger partial charge in [0.05, 0.1) is 17.5 Å². The molecule has 0 unspecified atom stereocenters. The van der Waals surface area contributed by atoms with E-state index in [0.29, 0.717) is 21.9 Å². The molecule has 3 aliphatic heterocycles. The van der Waals surface area contributed by atoms with Gasteiger partial charge in [0.2, 0.25) is 0 Å². The smallest absolute Gasteiger partial charge is 0.285 e. The van der Waals surface area contributed by atoms with Gasteiger partial charge in [-0.15, -0.1) is 0 Å². The first kappa shape index (κ1) is 28.1. The Hall–Kier alpha value is -3.01. The third kappa shape index (κ3) is 6.74. The molecule has 0 aliphatic carbocycles. The lowest BCUT2D eigenvalue weighted by Crippen LogP contribution is -2.38. The first-order chi connectivity index (χ1) is 19.8. The maximum Gasteiger partial charge on any atom is 0.285 e. The fourth-order valence-electron chi connectivity index (χ4n) is 5.85. The molecule has 0 N–H and O–H groups in total. The number of sulfone groups is 1. The number of carbonyl (C=O) groups is 1. The fraction of sp³-hybridized carbons (Fsp3) is 0.355. The van der Waals surface area contributed by atoms with Crippen molar-refractivity contribution >= 4 is 55.6 Å². The van der Waals surface area contributed by atoms with Gasteiger partial charge in [0.15, 0.2) is 21.6 Å². The van der Waals surface area contributed by atoms with Crippen molar-refractivity contribution in [3.05, 3.63) is 89.4 Å². The summed E-state index contributed by atoms with van der Waals surface area (Å²) in [4.78, 5) is 21.5. The van der Waals surface area contributed by atoms with Crippen molar-refractivity contribution in [2.45, 2.75) is 30.6 Å². The molecular formula is C31H32ClN3O4S2. The summed E-state index contributed by atoms with van der Waals surface area (Å²) in [5.41, 5.74) is 3.40. The number of ether oxygens (including phenoxy) is 1. The highest BCUT2D eigenvalue weighted by molar-refractivity contribution is 8.16. The average Bonchev–Trinajstić information content (AvgIpc) is 3.44. The van der Waals surface area contributed by atoms with Gasteiger partial charge in [-0.1, -0.05) is 53.7 Å². The zero-order valence-corrected chi connectivity index (χ0v) is 25.0. The number of rotatable bonds is 7. The number of anilines is 2. The van der Waals surface area contributed by atoms with Gasteiger partial charge in [0.1, 0.15) is 5.75 Å². The van der Waals surface area contributed by atoms with Crippen molar-refractivity contribution in [1.29, 1.82) is 0 Å². The summed E-state index contributed by atoms with van der Waals surface area (Å²) in [5.74, 6) is 0.932. The summed E-state index contributed by atoms with van der Waals surface area (Å²) in [7, 11) is -3.15. The molecular weight excluding hydrogens is 578 g/mol. The summed E-state index contributed by atoms with van der Waals surface area (Å²) in [6.45, 7) is 1.80. The Balaban J connectivity index is 1.13. The van der Waals surface area contributed by atoms with Crippen molar-refractivity contribution in [2.24, 2.45) is 10.9 Å². The Morgan fingerprint density at radius 3 is 2.32 bits per heavy atom. The van der Waals surface area contributed by atoms with Crippen LogP contribution in [0.2, 0.25) is 5.02 Å². The molecule has 10 heteroatoms. The summed E-state index contributed by atoms with van der Waals surface area (Å²) >= 11 is 7.28. The van der Waals surface area contributed by atoms with E-state index >= 15 is 0 Å². The molecule has 6 rings (SSSR count). The topological polar surface area (TPSA) is 79.3 Å². The highest BCUT2D eigenvalue weighted by atomic mass is 35.5. The van der Waals surface area contributed by atoms with Crippen LogP contribution in [0.5, 0.6) is 5.75 Å². The van der Waals surface area contributed by atoms with Crippen molar-refractivity contribution in [3.63, 3.8) is 0 Å². The van der Waals surface area contributed by atoms with E-state index in [0.717, 1.165) is 43.7 Å². The van der Waals surface area contributed by atoms with Crippen LogP contribution in [0.15, 0.2) is 83.9 Å². The minimum absolute atomic E-state index is 0.0514. The molecule has 3 saturated heterocycles. The first-order valence-electron chi connectivity index (χ1n) is 13.9. The second-order valence-corrected chi connectivity index (χ2v) is 14.6. The Morgan fingerprint density at radius 1 is 0.927 bits per heavy atom. The van der Waals surface area contributed by atoms with E-state index in [-0.39, 0.29) is 29.4 Å². The van der Waals surface area contributed by atoms with Crippen LogP contribution >= 0.6 is 23.4 Å². The van der Waals surface area contributed by atoms with Crippen LogP contribution in [0.1, 0.15) is 18.4 Å². The van der Waals surface area contributed by atoms with Crippen molar-refractivity contribution < 1.29 is 17.9 Å². The van der Waals surface area contributed by atoms with Gasteiger partial charge in [0, 0.05) is 34.7 Å². The van der Waals surface area contributed by atoms with E-state index in [1.165, 1.54) is 17.3 Å². The number of fused-ring (bicyclic) bond motifs is 1. The predicted molar refractivity (Wildman–Crippen MR) is 167 cm³/mol. The second kappa shape index (κ2) is 12.1. The fourth-order valence-corrected chi connectivity index (χ4v) is 9.91. The number of hydrogen-bond acceptors (Lipinski definition) is 6. The number of carbonyl (C=O) groups excluding carboxylic acids is 1. The summed E-state index contributed by atoms with van der Waals surface area (Å²) in [6.07, 6.45) is 3.42. The number of benzene rings is 3. The van der Waals surface area contributed by atoms with Crippen LogP contribution in [0.25, 0.3) is 0 Å². The SMILES string of the molecule is O=C(COc1ccc(Cl)cc1)N=C1S[C@H]2CS(=O)(=O)C[C@H]2N1c1ccc(N2CCC(Cc3ccccc3)CC2)cc1. The lowest BCUT2D eigenvalue weighted by atomic mass is 9.90. The maximum atomic E-state index is 12.8. The number of piperidine rings is 1. The van der Waals surface area contributed by atoms with Gasteiger partial charge < -0.3 is 14.5 Å². The number of amidine groups is 1. The monoisotopic (exact) mass is 609 g/mol. The standard InChI is InChI=1S/C31H32ClN3O4S2/c32-24-6-12-27(13-7-24)39-19-30(36)33-31-35(28-20-41(37,38)21-29(28)40-31)26-10-8-25(9-11-26)34-16-14-23(15-17-34)18-22-4-2-1-3-5-22/h1-13,23,28-29H,14-21H2/t28-,29+/m1/s1. The maximum absolute atomic E-state index is 12.8. The van der Waals surface area contributed by atoms with Gasteiger partial charge >= 0.3 is 0 Å². The second-order valence-electron chi connectivity index (χ2n) is 10.8. The van der Waals surface area contributed by atoms with Crippen molar-refractivity contribution in [1.82, 2.24) is 0 Å². The molecule has 214 valence electrons. The lowest BCUT2D eigenvalue weighted by molar-refractivity contribution is -0.119. The molecule has 41 heavy (non-hydrogen) atoms. The first-order valence-corrected chi connectivity index (χ1v) is 17.0. The van der Waals surface area contributed by atoms with E-state index in [2.05, 4.69) is 52.4 Å². The molecule has 0 aromatic heterocycles. The van der Waals surface area contributed by atoms with Gasteiger partial charge in [-0.2, -0.15) is 4.99 Å². The Bertz CT molecular complexity index is 1510. The highest BCUT2D eigenvalue weighted by Crippen LogP contribution is 2.41. The molecule has 3 aliphatic rings. The average molecular weight is 610 g/mol. The molecule has 3 aromatic carbocycles. The Morgan fingerprint density at radius 2 is 1.61 bits per heavy atom. The molecule has 3 aromatic rings. The molecule has 0 bridgehead atoms. The van der Waals surface area contributed by atoms with E-state index in [1.54, 1.807) is 24.3 Å². The minimum Gasteiger partial charge on any atom is -0.484 e. The molecule has 7 nitrogen and oxygen atoms in total. The van der Waals surface area contributed by atoms with Crippen LogP contribution < -0.4 is 14.5 Å². The molecule has 2 atom stereocenters. The Labute approximate surface area is 250 Å². The zero-order valence-electron chi connectivity index (χ0n) is 22.6. The van der Waals surface area contributed by atoms with Crippen LogP contribution in [0.3, 0.4) is 0 Å². The molecule has 3 fully saturated rings. The van der Waals surface area contributed by atoms with Gasteiger partial charge in [-0.25, -0.2) is 8.42 Å².